The number of allylic oxidation sites excluding steroid dienone is 1. The molecule has 0 radical (unpaired) electrons. The molecule has 0 unspecified atom stereocenters. The van der Waals surface area contributed by atoms with Crippen molar-refractivity contribution >= 4 is 5.91 Å². The molecule has 2 heterocycles. The summed E-state index contributed by atoms with van der Waals surface area (Å²) in [5, 5.41) is 10.0. The molecule has 28 heavy (non-hydrogen) atoms. The number of oxazole rings is 1. The van der Waals surface area contributed by atoms with E-state index in [-0.39, 0.29) is 12.0 Å². The van der Waals surface area contributed by atoms with Crippen LogP contribution in [-0.4, -0.2) is 82.6 Å². The summed E-state index contributed by atoms with van der Waals surface area (Å²) in [5.41, 5.74) is 0.404. The Bertz CT molecular complexity index is 590. The zero-order valence-corrected chi connectivity index (χ0v) is 17.5. The van der Waals surface area contributed by atoms with Crippen LogP contribution in [0.5, 0.6) is 0 Å². The molecule has 158 valence electrons. The maximum atomic E-state index is 12.6. The molecule has 0 spiro atoms. The van der Waals surface area contributed by atoms with E-state index in [1.54, 1.807) is 0 Å². The van der Waals surface area contributed by atoms with E-state index in [2.05, 4.69) is 35.2 Å². The minimum absolute atomic E-state index is 0.0444. The Balaban J connectivity index is 1.79. The number of piperazine rings is 1. The summed E-state index contributed by atoms with van der Waals surface area (Å²) in [6.45, 7) is 14.3. The SMILES string of the molecule is C=CCC[C@@H](O)CN1CCN(Cc2nc(C(=O)N(CCC)CCC)co2)CC1. The Labute approximate surface area is 169 Å². The number of rotatable bonds is 12. The first-order chi connectivity index (χ1) is 13.6. The van der Waals surface area contributed by atoms with Crippen molar-refractivity contribution in [2.45, 2.75) is 52.2 Å². The predicted octanol–water partition coefficient (Wildman–Crippen LogP) is 2.38. The summed E-state index contributed by atoms with van der Waals surface area (Å²) in [7, 11) is 0. The third-order valence-electron chi connectivity index (χ3n) is 5.04. The fourth-order valence-corrected chi connectivity index (χ4v) is 3.52. The highest BCUT2D eigenvalue weighted by Gasteiger charge is 2.22. The molecule has 1 fully saturated rings. The minimum Gasteiger partial charge on any atom is -0.447 e. The summed E-state index contributed by atoms with van der Waals surface area (Å²) < 4.78 is 5.57. The first kappa shape index (κ1) is 22.6. The van der Waals surface area contributed by atoms with Crippen molar-refractivity contribution < 1.29 is 14.3 Å². The fraction of sp³-hybridized carbons (Fsp3) is 0.714. The molecular weight excluding hydrogens is 356 g/mol. The van der Waals surface area contributed by atoms with E-state index >= 15 is 0 Å². The second-order valence-electron chi connectivity index (χ2n) is 7.52. The number of aromatic nitrogens is 1. The lowest BCUT2D eigenvalue weighted by molar-refractivity contribution is 0.0642. The number of aliphatic hydroxyl groups is 1. The van der Waals surface area contributed by atoms with E-state index in [9.17, 15) is 9.90 Å². The monoisotopic (exact) mass is 392 g/mol. The van der Waals surface area contributed by atoms with Gasteiger partial charge in [0, 0.05) is 45.8 Å². The third-order valence-corrected chi connectivity index (χ3v) is 5.04. The van der Waals surface area contributed by atoms with Crippen LogP contribution < -0.4 is 0 Å². The van der Waals surface area contributed by atoms with E-state index in [0.717, 1.165) is 65.0 Å². The third kappa shape index (κ3) is 7.04. The van der Waals surface area contributed by atoms with Crippen molar-refractivity contribution in [1.29, 1.82) is 0 Å². The van der Waals surface area contributed by atoms with Crippen LogP contribution in [0.2, 0.25) is 0 Å². The van der Waals surface area contributed by atoms with Crippen molar-refractivity contribution in [2.75, 3.05) is 45.8 Å². The van der Waals surface area contributed by atoms with Crippen LogP contribution in [0.4, 0.5) is 0 Å². The van der Waals surface area contributed by atoms with E-state index in [1.165, 1.54) is 6.26 Å². The standard InChI is InChI=1S/C21H36N4O3/c1-4-7-8-18(26)15-23-11-13-24(14-12-23)16-20-22-19(17-28-20)21(27)25(9-5-2)10-6-3/h4,17-18,26H,1,5-16H2,2-3H3/t18-/m1/s1. The summed E-state index contributed by atoms with van der Waals surface area (Å²) in [6.07, 6.45) is 6.53. The van der Waals surface area contributed by atoms with Gasteiger partial charge in [0.2, 0.25) is 5.89 Å². The average molecular weight is 393 g/mol. The first-order valence-electron chi connectivity index (χ1n) is 10.5. The van der Waals surface area contributed by atoms with E-state index in [0.29, 0.717) is 24.7 Å². The molecule has 1 aromatic heterocycles. The molecule has 7 heteroatoms. The molecule has 7 nitrogen and oxygen atoms in total. The van der Waals surface area contributed by atoms with Gasteiger partial charge >= 0.3 is 0 Å². The number of β-amino-alcohol motifs (C(OH)–C–C–N with tert-alkyl or cyclic N) is 1. The van der Waals surface area contributed by atoms with Crippen LogP contribution in [0, 0.1) is 0 Å². The molecule has 1 aliphatic rings. The van der Waals surface area contributed by atoms with Gasteiger partial charge in [-0.25, -0.2) is 4.98 Å². The van der Waals surface area contributed by atoms with Gasteiger partial charge in [0.15, 0.2) is 5.69 Å². The lowest BCUT2D eigenvalue weighted by atomic mass is 10.1. The topological polar surface area (TPSA) is 73.1 Å². The van der Waals surface area contributed by atoms with Gasteiger partial charge in [-0.3, -0.25) is 14.6 Å². The smallest absolute Gasteiger partial charge is 0.275 e. The molecule has 1 aliphatic heterocycles. The number of aliphatic hydroxyl groups excluding tert-OH is 1. The Morgan fingerprint density at radius 1 is 1.29 bits per heavy atom. The molecule has 1 aromatic rings. The van der Waals surface area contributed by atoms with Gasteiger partial charge in [0.05, 0.1) is 12.6 Å². The summed E-state index contributed by atoms with van der Waals surface area (Å²) in [4.78, 5) is 23.5. The van der Waals surface area contributed by atoms with Gasteiger partial charge in [-0.15, -0.1) is 6.58 Å². The van der Waals surface area contributed by atoms with Crippen LogP contribution in [0.25, 0.3) is 0 Å². The molecule has 2 rings (SSSR count). The van der Waals surface area contributed by atoms with E-state index < -0.39 is 0 Å². The molecule has 1 N–H and O–H groups in total. The summed E-state index contributed by atoms with van der Waals surface area (Å²) in [5.74, 6) is 0.549. The van der Waals surface area contributed by atoms with Crippen LogP contribution in [0.15, 0.2) is 23.3 Å². The Morgan fingerprint density at radius 3 is 2.54 bits per heavy atom. The minimum atomic E-state index is -0.293. The molecular formula is C21H36N4O3. The van der Waals surface area contributed by atoms with E-state index in [1.807, 2.05) is 11.0 Å². The highest BCUT2D eigenvalue weighted by molar-refractivity contribution is 5.91. The number of hydrogen-bond acceptors (Lipinski definition) is 6. The maximum absolute atomic E-state index is 12.6. The molecule has 1 amide bonds. The highest BCUT2D eigenvalue weighted by atomic mass is 16.3. The summed E-state index contributed by atoms with van der Waals surface area (Å²) in [6, 6.07) is 0. The molecule has 0 aliphatic carbocycles. The highest BCUT2D eigenvalue weighted by Crippen LogP contribution is 2.12. The van der Waals surface area contributed by atoms with Crippen LogP contribution in [0.3, 0.4) is 0 Å². The van der Waals surface area contributed by atoms with Crippen molar-refractivity contribution in [2.24, 2.45) is 0 Å². The molecule has 0 saturated carbocycles. The average Bonchev–Trinajstić information content (AvgIpc) is 3.15. The number of carbonyl (C=O) groups is 1. The van der Waals surface area contributed by atoms with Crippen molar-refractivity contribution in [3.63, 3.8) is 0 Å². The first-order valence-corrected chi connectivity index (χ1v) is 10.5. The predicted molar refractivity (Wildman–Crippen MR) is 110 cm³/mol. The number of hydrogen-bond donors (Lipinski definition) is 1. The molecule has 1 saturated heterocycles. The van der Waals surface area contributed by atoms with Gasteiger partial charge in [0.1, 0.15) is 6.26 Å². The lowest BCUT2D eigenvalue weighted by Crippen LogP contribution is -2.48. The quantitative estimate of drug-likeness (QED) is 0.551. The normalized spacial score (nSPS) is 16.8. The zero-order chi connectivity index (χ0) is 20.4. The Hall–Kier alpha value is -1.70. The van der Waals surface area contributed by atoms with E-state index in [4.69, 9.17) is 4.42 Å². The van der Waals surface area contributed by atoms with Crippen LogP contribution in [-0.2, 0) is 6.54 Å². The second kappa shape index (κ2) is 12.0. The summed E-state index contributed by atoms with van der Waals surface area (Å²) >= 11 is 0. The molecule has 1 atom stereocenters. The molecule has 0 bridgehead atoms. The largest absolute Gasteiger partial charge is 0.447 e. The lowest BCUT2D eigenvalue weighted by Gasteiger charge is -2.34. The number of nitrogens with zero attached hydrogens (tertiary/aromatic N) is 4. The maximum Gasteiger partial charge on any atom is 0.275 e. The Morgan fingerprint density at radius 2 is 1.93 bits per heavy atom. The van der Waals surface area contributed by atoms with Gasteiger partial charge in [-0.1, -0.05) is 19.9 Å². The number of amides is 1. The van der Waals surface area contributed by atoms with Gasteiger partial charge in [0.25, 0.3) is 5.91 Å². The molecule has 0 aromatic carbocycles. The van der Waals surface area contributed by atoms with Crippen molar-refractivity contribution in [3.8, 4) is 0 Å². The fourth-order valence-electron chi connectivity index (χ4n) is 3.52. The van der Waals surface area contributed by atoms with Crippen LogP contribution >= 0.6 is 0 Å². The zero-order valence-electron chi connectivity index (χ0n) is 17.5. The second-order valence-corrected chi connectivity index (χ2v) is 7.52. The number of carbonyl (C=O) groups excluding carboxylic acids is 1. The van der Waals surface area contributed by atoms with Gasteiger partial charge in [-0.05, 0) is 25.7 Å². The van der Waals surface area contributed by atoms with Crippen molar-refractivity contribution in [3.05, 3.63) is 30.5 Å². The Kier molecular flexibility index (Phi) is 9.67. The van der Waals surface area contributed by atoms with Gasteiger partial charge < -0.3 is 14.4 Å². The van der Waals surface area contributed by atoms with Gasteiger partial charge in [-0.2, -0.15) is 0 Å². The van der Waals surface area contributed by atoms with Crippen LogP contribution in [0.1, 0.15) is 55.9 Å². The van der Waals surface area contributed by atoms with Crippen molar-refractivity contribution in [1.82, 2.24) is 19.7 Å².